The van der Waals surface area contributed by atoms with Crippen LogP contribution >= 0.6 is 0 Å². The number of carbonyl (C=O) groups excluding carboxylic acids is 1. The second-order valence-electron chi connectivity index (χ2n) is 5.36. The van der Waals surface area contributed by atoms with Crippen LogP contribution in [0.25, 0.3) is 0 Å². The fourth-order valence-electron chi connectivity index (χ4n) is 2.40. The molecule has 1 amide bonds. The molecule has 0 atom stereocenters. The number of hydrazine groups is 1. The van der Waals surface area contributed by atoms with Crippen LogP contribution in [-0.2, 0) is 4.79 Å². The molecule has 4 N–H and O–H groups in total. The van der Waals surface area contributed by atoms with Crippen molar-refractivity contribution in [1.29, 1.82) is 0 Å². The lowest BCUT2D eigenvalue weighted by Crippen LogP contribution is -2.33. The third-order valence-electron chi connectivity index (χ3n) is 3.71. The van der Waals surface area contributed by atoms with Gasteiger partial charge < -0.3 is 15.6 Å². The molecule has 2 fully saturated rings. The van der Waals surface area contributed by atoms with Gasteiger partial charge in [0.1, 0.15) is 17.5 Å². The van der Waals surface area contributed by atoms with Crippen molar-refractivity contribution in [3.8, 4) is 0 Å². The Balaban J connectivity index is 1.63. The molecular formula is C13H20N6O. The zero-order valence-electron chi connectivity index (χ0n) is 11.4. The van der Waals surface area contributed by atoms with Crippen LogP contribution in [0.15, 0.2) is 6.07 Å². The summed E-state index contributed by atoms with van der Waals surface area (Å²) in [6, 6.07) is 1.73. The Morgan fingerprint density at radius 2 is 2.00 bits per heavy atom. The van der Waals surface area contributed by atoms with Gasteiger partial charge in [0.15, 0.2) is 0 Å². The number of amides is 1. The van der Waals surface area contributed by atoms with E-state index in [4.69, 9.17) is 5.84 Å². The van der Waals surface area contributed by atoms with E-state index in [0.717, 1.165) is 44.6 Å². The molecule has 1 aromatic heterocycles. The molecule has 3 rings (SSSR count). The Morgan fingerprint density at radius 3 is 2.65 bits per heavy atom. The van der Waals surface area contributed by atoms with Gasteiger partial charge in [-0.15, -0.1) is 0 Å². The average Bonchev–Trinajstić information content (AvgIpc) is 3.19. The highest BCUT2D eigenvalue weighted by Crippen LogP contribution is 2.38. The lowest BCUT2D eigenvalue weighted by atomic mass is 10.3. The molecule has 0 unspecified atom stereocenters. The highest BCUT2D eigenvalue weighted by molar-refractivity contribution is 5.80. The lowest BCUT2D eigenvalue weighted by molar-refractivity contribution is -0.128. The molecule has 7 heteroatoms. The minimum Gasteiger partial charge on any atom is -0.361 e. The van der Waals surface area contributed by atoms with Crippen molar-refractivity contribution in [2.75, 3.05) is 30.4 Å². The normalized spacial score (nSPS) is 18.1. The molecule has 2 aliphatic rings. The molecule has 1 aromatic rings. The summed E-state index contributed by atoms with van der Waals surface area (Å²) in [5.74, 6) is 8.02. The fourth-order valence-corrected chi connectivity index (χ4v) is 2.40. The molecule has 1 saturated heterocycles. The number of hydrogen-bond donors (Lipinski definition) is 3. The minimum absolute atomic E-state index is 0.122. The number of hydrogen-bond acceptors (Lipinski definition) is 6. The van der Waals surface area contributed by atoms with E-state index < -0.39 is 0 Å². The zero-order valence-corrected chi connectivity index (χ0v) is 11.4. The summed E-state index contributed by atoms with van der Waals surface area (Å²) in [7, 11) is 0. The quantitative estimate of drug-likeness (QED) is 0.540. The van der Waals surface area contributed by atoms with E-state index in [1.54, 1.807) is 6.07 Å². The molecule has 1 aliphatic carbocycles. The Kier molecular flexibility index (Phi) is 3.68. The first kappa shape index (κ1) is 13.1. The summed E-state index contributed by atoms with van der Waals surface area (Å²) in [4.78, 5) is 22.7. The third-order valence-corrected chi connectivity index (χ3v) is 3.71. The van der Waals surface area contributed by atoms with Crippen LogP contribution < -0.4 is 16.6 Å². The number of likely N-dealkylation sites (tertiary alicyclic amines) is 1. The molecule has 0 aromatic carbocycles. The third kappa shape index (κ3) is 2.98. The number of nitrogens with zero attached hydrogens (tertiary/aromatic N) is 3. The van der Waals surface area contributed by atoms with E-state index in [1.807, 2.05) is 4.90 Å². The number of rotatable bonds is 5. The Labute approximate surface area is 117 Å². The molecule has 20 heavy (non-hydrogen) atoms. The van der Waals surface area contributed by atoms with Crippen molar-refractivity contribution in [2.24, 2.45) is 5.84 Å². The van der Waals surface area contributed by atoms with E-state index in [0.29, 0.717) is 17.6 Å². The number of nitrogen functional groups attached to an aromatic ring is 1. The van der Waals surface area contributed by atoms with Crippen molar-refractivity contribution in [2.45, 2.75) is 31.6 Å². The van der Waals surface area contributed by atoms with Crippen LogP contribution in [0.2, 0.25) is 0 Å². The fraction of sp³-hybridized carbons (Fsp3) is 0.615. The van der Waals surface area contributed by atoms with Crippen molar-refractivity contribution >= 4 is 17.5 Å². The maximum absolute atomic E-state index is 12.0. The molecule has 1 saturated carbocycles. The van der Waals surface area contributed by atoms with Gasteiger partial charge in [0.25, 0.3) is 0 Å². The first-order valence-electron chi connectivity index (χ1n) is 7.13. The topological polar surface area (TPSA) is 96.2 Å². The van der Waals surface area contributed by atoms with Gasteiger partial charge in [-0.3, -0.25) is 4.79 Å². The molecule has 0 spiro atoms. The first-order valence-corrected chi connectivity index (χ1v) is 7.13. The number of anilines is 2. The van der Waals surface area contributed by atoms with Crippen molar-refractivity contribution in [3.63, 3.8) is 0 Å². The molecule has 0 radical (unpaired) electrons. The molecular weight excluding hydrogens is 256 g/mol. The van der Waals surface area contributed by atoms with E-state index >= 15 is 0 Å². The van der Waals surface area contributed by atoms with Crippen molar-refractivity contribution in [1.82, 2.24) is 14.9 Å². The Hall–Kier alpha value is -1.89. The molecule has 2 heterocycles. The van der Waals surface area contributed by atoms with Crippen LogP contribution in [0, 0.1) is 0 Å². The number of aromatic nitrogens is 2. The second-order valence-corrected chi connectivity index (χ2v) is 5.36. The maximum atomic E-state index is 12.0. The van der Waals surface area contributed by atoms with Crippen molar-refractivity contribution in [3.05, 3.63) is 11.9 Å². The standard InChI is InChI=1S/C13H20N6O/c14-18-11-7-10(16-13(17-11)9-3-4-9)15-8-12(20)19-5-1-2-6-19/h7,9H,1-6,8,14H2,(H2,15,16,17,18). The monoisotopic (exact) mass is 276 g/mol. The number of nitrogens with one attached hydrogen (secondary N) is 2. The van der Waals surface area contributed by atoms with Gasteiger partial charge >= 0.3 is 0 Å². The first-order chi connectivity index (χ1) is 9.76. The zero-order chi connectivity index (χ0) is 13.9. The number of carbonyl (C=O) groups is 1. The summed E-state index contributed by atoms with van der Waals surface area (Å²) >= 11 is 0. The number of nitrogens with two attached hydrogens (primary N) is 1. The average molecular weight is 276 g/mol. The smallest absolute Gasteiger partial charge is 0.241 e. The van der Waals surface area contributed by atoms with Crippen LogP contribution in [0.1, 0.15) is 37.4 Å². The van der Waals surface area contributed by atoms with Gasteiger partial charge in [-0.1, -0.05) is 0 Å². The molecule has 7 nitrogen and oxygen atoms in total. The predicted octanol–water partition coefficient (Wildman–Crippen LogP) is 0.674. The van der Waals surface area contributed by atoms with Crippen LogP contribution in [-0.4, -0.2) is 40.4 Å². The van der Waals surface area contributed by atoms with Gasteiger partial charge in [-0.25, -0.2) is 15.8 Å². The largest absolute Gasteiger partial charge is 0.361 e. The summed E-state index contributed by atoms with van der Waals surface area (Å²) in [5.41, 5.74) is 2.55. The van der Waals surface area contributed by atoms with Gasteiger partial charge in [-0.2, -0.15) is 0 Å². The minimum atomic E-state index is 0.122. The summed E-state index contributed by atoms with van der Waals surface area (Å²) in [6.45, 7) is 2.01. The highest BCUT2D eigenvalue weighted by Gasteiger charge is 2.27. The molecule has 1 aliphatic heterocycles. The van der Waals surface area contributed by atoms with Gasteiger partial charge in [0.05, 0.1) is 6.54 Å². The van der Waals surface area contributed by atoms with Crippen LogP contribution in [0.5, 0.6) is 0 Å². The highest BCUT2D eigenvalue weighted by atomic mass is 16.2. The predicted molar refractivity (Wildman–Crippen MR) is 76.1 cm³/mol. The van der Waals surface area contributed by atoms with Gasteiger partial charge in [0, 0.05) is 25.1 Å². The molecule has 108 valence electrons. The molecule has 0 bridgehead atoms. The van der Waals surface area contributed by atoms with Crippen LogP contribution in [0.4, 0.5) is 11.6 Å². The van der Waals surface area contributed by atoms with E-state index in [2.05, 4.69) is 20.7 Å². The second kappa shape index (κ2) is 5.62. The lowest BCUT2D eigenvalue weighted by Gasteiger charge is -2.16. The summed E-state index contributed by atoms with van der Waals surface area (Å²) < 4.78 is 0. The summed E-state index contributed by atoms with van der Waals surface area (Å²) in [5, 5.41) is 3.08. The van der Waals surface area contributed by atoms with Gasteiger partial charge in [-0.05, 0) is 25.7 Å². The van der Waals surface area contributed by atoms with E-state index in [-0.39, 0.29) is 12.5 Å². The van der Waals surface area contributed by atoms with Gasteiger partial charge in [0.2, 0.25) is 5.91 Å². The van der Waals surface area contributed by atoms with E-state index in [1.165, 1.54) is 0 Å². The van der Waals surface area contributed by atoms with Crippen LogP contribution in [0.3, 0.4) is 0 Å². The van der Waals surface area contributed by atoms with Crippen molar-refractivity contribution < 1.29 is 4.79 Å². The summed E-state index contributed by atoms with van der Waals surface area (Å²) in [6.07, 6.45) is 4.46. The maximum Gasteiger partial charge on any atom is 0.241 e. The SMILES string of the molecule is NNc1cc(NCC(=O)N2CCCC2)nc(C2CC2)n1. The van der Waals surface area contributed by atoms with E-state index in [9.17, 15) is 4.79 Å². The Morgan fingerprint density at radius 1 is 1.30 bits per heavy atom. The Bertz CT molecular complexity index is 496.